The molecular formula is C18H27N3O3S. The number of nitrogens with one attached hydrogen (secondary N) is 1. The summed E-state index contributed by atoms with van der Waals surface area (Å²) in [5, 5.41) is 3.34. The van der Waals surface area contributed by atoms with E-state index in [9.17, 15) is 13.2 Å². The second-order valence-electron chi connectivity index (χ2n) is 6.87. The highest BCUT2D eigenvalue weighted by atomic mass is 32.2. The van der Waals surface area contributed by atoms with Crippen molar-refractivity contribution in [3.05, 3.63) is 23.8 Å². The van der Waals surface area contributed by atoms with Crippen LogP contribution in [0.25, 0.3) is 0 Å². The van der Waals surface area contributed by atoms with Crippen molar-refractivity contribution in [2.24, 2.45) is 5.92 Å². The Bertz CT molecular complexity index is 740. The lowest BCUT2D eigenvalue weighted by molar-refractivity contribution is -0.116. The predicted molar refractivity (Wildman–Crippen MR) is 98.2 cm³/mol. The quantitative estimate of drug-likeness (QED) is 0.861. The van der Waals surface area contributed by atoms with Crippen molar-refractivity contribution in [1.82, 2.24) is 9.62 Å². The summed E-state index contributed by atoms with van der Waals surface area (Å²) in [5.41, 5.74) is 1.79. The highest BCUT2D eigenvalue weighted by Crippen LogP contribution is 2.32. The van der Waals surface area contributed by atoms with E-state index >= 15 is 0 Å². The van der Waals surface area contributed by atoms with E-state index in [0.29, 0.717) is 36.9 Å². The molecule has 2 aliphatic heterocycles. The van der Waals surface area contributed by atoms with Crippen molar-refractivity contribution in [1.29, 1.82) is 0 Å². The fourth-order valence-electron chi connectivity index (χ4n) is 3.72. The lowest BCUT2D eigenvalue weighted by Crippen LogP contribution is -2.40. The number of nitrogens with zero attached hydrogens (tertiary/aromatic N) is 2. The number of carbonyl (C=O) groups excluding carboxylic acids is 1. The van der Waals surface area contributed by atoms with Crippen LogP contribution in [0.1, 0.15) is 32.3 Å². The molecule has 2 aliphatic rings. The molecule has 1 N–H and O–H groups in total. The lowest BCUT2D eigenvalue weighted by Gasteiger charge is -2.31. The van der Waals surface area contributed by atoms with Gasteiger partial charge in [0.05, 0.1) is 4.90 Å². The van der Waals surface area contributed by atoms with Crippen molar-refractivity contribution < 1.29 is 13.2 Å². The third kappa shape index (κ3) is 3.73. The molecule has 3 rings (SSSR count). The molecule has 0 bridgehead atoms. The van der Waals surface area contributed by atoms with Crippen molar-refractivity contribution in [2.75, 3.05) is 37.6 Å². The number of piperidine rings is 1. The van der Waals surface area contributed by atoms with E-state index in [1.807, 2.05) is 0 Å². The molecule has 1 aromatic carbocycles. The van der Waals surface area contributed by atoms with Gasteiger partial charge in [0, 0.05) is 32.2 Å². The Morgan fingerprint density at radius 2 is 1.96 bits per heavy atom. The summed E-state index contributed by atoms with van der Waals surface area (Å²) < 4.78 is 27.5. The van der Waals surface area contributed by atoms with Gasteiger partial charge in [-0.2, -0.15) is 4.31 Å². The Labute approximate surface area is 150 Å². The van der Waals surface area contributed by atoms with Gasteiger partial charge in [-0.3, -0.25) is 4.79 Å². The molecule has 2 heterocycles. The molecule has 0 unspecified atom stereocenters. The minimum Gasteiger partial charge on any atom is -0.317 e. The first-order valence-corrected chi connectivity index (χ1v) is 10.5. The van der Waals surface area contributed by atoms with Gasteiger partial charge in [-0.15, -0.1) is 0 Å². The summed E-state index contributed by atoms with van der Waals surface area (Å²) in [4.78, 5) is 13.7. The van der Waals surface area contributed by atoms with Gasteiger partial charge < -0.3 is 10.2 Å². The Morgan fingerprint density at radius 3 is 2.60 bits per heavy atom. The van der Waals surface area contributed by atoms with E-state index in [1.165, 1.54) is 6.92 Å². The van der Waals surface area contributed by atoms with Crippen molar-refractivity contribution in [3.8, 4) is 0 Å². The highest BCUT2D eigenvalue weighted by Gasteiger charge is 2.31. The van der Waals surface area contributed by atoms with Gasteiger partial charge in [-0.25, -0.2) is 8.42 Å². The number of anilines is 1. The minimum absolute atomic E-state index is 0.00267. The van der Waals surface area contributed by atoms with Crippen molar-refractivity contribution >= 4 is 21.6 Å². The summed E-state index contributed by atoms with van der Waals surface area (Å²) in [5.74, 6) is 0.549. The van der Waals surface area contributed by atoms with Crippen LogP contribution in [0.2, 0.25) is 0 Å². The highest BCUT2D eigenvalue weighted by molar-refractivity contribution is 7.89. The van der Waals surface area contributed by atoms with Gasteiger partial charge in [-0.1, -0.05) is 6.92 Å². The topological polar surface area (TPSA) is 69.7 Å². The maximum Gasteiger partial charge on any atom is 0.243 e. The summed E-state index contributed by atoms with van der Waals surface area (Å²) in [6.45, 7) is 7.32. The Hall–Kier alpha value is -1.44. The predicted octanol–water partition coefficient (Wildman–Crippen LogP) is 1.61. The van der Waals surface area contributed by atoms with Crippen LogP contribution in [-0.4, -0.2) is 51.4 Å². The number of benzene rings is 1. The Morgan fingerprint density at radius 1 is 1.24 bits per heavy atom. The average Bonchev–Trinajstić information content (AvgIpc) is 3.03. The fraction of sp³-hybridized carbons (Fsp3) is 0.611. The van der Waals surface area contributed by atoms with Crippen LogP contribution < -0.4 is 10.2 Å². The van der Waals surface area contributed by atoms with E-state index in [4.69, 9.17) is 0 Å². The summed E-state index contributed by atoms with van der Waals surface area (Å²) >= 11 is 0. The molecule has 1 saturated heterocycles. The van der Waals surface area contributed by atoms with Gasteiger partial charge in [-0.05, 0) is 62.0 Å². The van der Waals surface area contributed by atoms with E-state index in [2.05, 4.69) is 12.2 Å². The van der Waals surface area contributed by atoms with Crippen LogP contribution in [-0.2, 0) is 21.2 Å². The van der Waals surface area contributed by atoms with Crippen LogP contribution in [0, 0.1) is 5.92 Å². The number of hydrogen-bond acceptors (Lipinski definition) is 4. The van der Waals surface area contributed by atoms with Gasteiger partial charge in [0.1, 0.15) is 0 Å². The molecule has 0 saturated carbocycles. The Kier molecular flexibility index (Phi) is 5.46. The number of carbonyl (C=O) groups is 1. The molecule has 1 aromatic rings. The molecule has 6 nitrogen and oxygen atoms in total. The molecule has 7 heteroatoms. The molecular weight excluding hydrogens is 338 g/mol. The second kappa shape index (κ2) is 7.43. The molecule has 138 valence electrons. The second-order valence-corrected chi connectivity index (χ2v) is 8.80. The van der Waals surface area contributed by atoms with Crippen LogP contribution in [0.3, 0.4) is 0 Å². The number of amides is 1. The maximum absolute atomic E-state index is 13.0. The zero-order valence-corrected chi connectivity index (χ0v) is 15.8. The number of rotatable bonds is 5. The van der Waals surface area contributed by atoms with E-state index in [0.717, 1.165) is 37.2 Å². The number of hydrogen-bond donors (Lipinski definition) is 1. The largest absolute Gasteiger partial charge is 0.317 e. The van der Waals surface area contributed by atoms with Gasteiger partial charge in [0.25, 0.3) is 0 Å². The standard InChI is InChI=1S/C18H27N3O3S/c1-3-19-13-15-6-9-20(10-7-15)25(23,24)17-4-5-18-16(12-17)8-11-21(18)14(2)22/h4-5,12,15,19H,3,6-11,13H2,1-2H3. The molecule has 0 spiro atoms. The maximum atomic E-state index is 13.0. The van der Waals surface area contributed by atoms with E-state index in [1.54, 1.807) is 27.4 Å². The SMILES string of the molecule is CCNCC1CCN(S(=O)(=O)c2ccc3c(c2)CCN3C(C)=O)CC1. The monoisotopic (exact) mass is 365 g/mol. The molecule has 0 aromatic heterocycles. The third-order valence-electron chi connectivity index (χ3n) is 5.22. The number of sulfonamides is 1. The molecule has 0 radical (unpaired) electrons. The minimum atomic E-state index is -3.46. The van der Waals surface area contributed by atoms with Crippen LogP contribution in [0.15, 0.2) is 23.1 Å². The van der Waals surface area contributed by atoms with E-state index < -0.39 is 10.0 Å². The van der Waals surface area contributed by atoms with Crippen LogP contribution in [0.5, 0.6) is 0 Å². The first-order chi connectivity index (χ1) is 11.9. The normalized spacial score (nSPS) is 19.2. The van der Waals surface area contributed by atoms with Crippen LogP contribution in [0.4, 0.5) is 5.69 Å². The van der Waals surface area contributed by atoms with E-state index in [-0.39, 0.29) is 5.91 Å². The summed E-state index contributed by atoms with van der Waals surface area (Å²) in [6, 6.07) is 5.16. The summed E-state index contributed by atoms with van der Waals surface area (Å²) in [6.07, 6.45) is 2.51. The number of fused-ring (bicyclic) bond motifs is 1. The zero-order chi connectivity index (χ0) is 18.0. The molecule has 1 fully saturated rings. The lowest BCUT2D eigenvalue weighted by atomic mass is 9.98. The van der Waals surface area contributed by atoms with Gasteiger partial charge in [0.15, 0.2) is 0 Å². The van der Waals surface area contributed by atoms with Crippen molar-refractivity contribution in [2.45, 2.75) is 38.0 Å². The first-order valence-electron chi connectivity index (χ1n) is 9.05. The Balaban J connectivity index is 1.73. The smallest absolute Gasteiger partial charge is 0.243 e. The van der Waals surface area contributed by atoms with Crippen LogP contribution >= 0.6 is 0 Å². The molecule has 1 amide bonds. The van der Waals surface area contributed by atoms with Crippen molar-refractivity contribution in [3.63, 3.8) is 0 Å². The zero-order valence-electron chi connectivity index (χ0n) is 15.0. The first kappa shape index (κ1) is 18.4. The molecule has 0 aliphatic carbocycles. The molecule has 25 heavy (non-hydrogen) atoms. The third-order valence-corrected chi connectivity index (χ3v) is 7.12. The summed E-state index contributed by atoms with van der Waals surface area (Å²) in [7, 11) is -3.46. The molecule has 0 atom stereocenters. The van der Waals surface area contributed by atoms with Gasteiger partial charge in [0.2, 0.25) is 15.9 Å². The average molecular weight is 365 g/mol. The van der Waals surface area contributed by atoms with Gasteiger partial charge >= 0.3 is 0 Å². The fourth-order valence-corrected chi connectivity index (χ4v) is 5.24.